The van der Waals surface area contributed by atoms with E-state index in [2.05, 4.69) is 0 Å². The third kappa shape index (κ3) is 8.88. The van der Waals surface area contributed by atoms with E-state index in [0.29, 0.717) is 43.4 Å². The van der Waals surface area contributed by atoms with Crippen molar-refractivity contribution in [1.82, 2.24) is 0 Å². The Morgan fingerprint density at radius 3 is 1.28 bits per heavy atom. The van der Waals surface area contributed by atoms with E-state index in [0.717, 1.165) is 0 Å². The maximum absolute atomic E-state index is 14.3. The first kappa shape index (κ1) is 33.6. The van der Waals surface area contributed by atoms with Crippen molar-refractivity contribution < 1.29 is 19.8 Å². The molecule has 0 spiro atoms. The van der Waals surface area contributed by atoms with Crippen LogP contribution in [0.1, 0.15) is 22.3 Å². The number of hydrogen-bond donors (Lipinski definition) is 0. The second-order valence-electron chi connectivity index (χ2n) is 11.0. The molecular formula is C34H30Cl2F2O3Sn2. The molecule has 0 saturated carbocycles. The van der Waals surface area contributed by atoms with Crippen LogP contribution >= 0.6 is 23.2 Å². The van der Waals surface area contributed by atoms with Crippen LogP contribution in [0.2, 0.25) is 29.8 Å². The fraction of sp³-hybridized carbons (Fsp3) is 0.118. The van der Waals surface area contributed by atoms with Crippen molar-refractivity contribution >= 4 is 91.7 Å². The normalized spacial score (nSPS) is 12.7. The van der Waals surface area contributed by atoms with Gasteiger partial charge in [-0.15, -0.1) is 0 Å². The van der Waals surface area contributed by atoms with Crippen molar-refractivity contribution in [2.45, 2.75) is 19.8 Å². The number of carbonyl (C=O) groups excluding carboxylic acids is 2. The molecule has 0 aliphatic heterocycles. The van der Waals surface area contributed by atoms with Crippen LogP contribution in [-0.4, -0.2) is 45.2 Å². The molecule has 0 unspecified atom stereocenters. The average molecular weight is 833 g/mol. The summed E-state index contributed by atoms with van der Waals surface area (Å²) in [6, 6.07) is 25.7. The molecule has 0 atom stereocenters. The second-order valence-corrected chi connectivity index (χ2v) is 36.2. The van der Waals surface area contributed by atoms with Gasteiger partial charge in [-0.2, -0.15) is 0 Å². The minimum atomic E-state index is -4.20. The van der Waals surface area contributed by atoms with Gasteiger partial charge in [0.25, 0.3) is 0 Å². The van der Waals surface area contributed by atoms with E-state index < -0.39 is 49.2 Å². The minimum absolute atomic E-state index is 0.166. The molecule has 0 bridgehead atoms. The van der Waals surface area contributed by atoms with Gasteiger partial charge in [-0.1, -0.05) is 0 Å². The first-order valence-electron chi connectivity index (χ1n) is 13.5. The van der Waals surface area contributed by atoms with E-state index >= 15 is 0 Å². The zero-order chi connectivity index (χ0) is 31.4. The number of carbonyl (C=O) groups is 2. The zero-order valence-electron chi connectivity index (χ0n) is 24.1. The van der Waals surface area contributed by atoms with Gasteiger partial charge in [-0.05, 0) is 0 Å². The van der Waals surface area contributed by atoms with E-state index in [1.165, 1.54) is 24.3 Å². The molecule has 43 heavy (non-hydrogen) atoms. The predicted molar refractivity (Wildman–Crippen MR) is 178 cm³/mol. The molecular weight excluding hydrogens is 803 g/mol. The summed E-state index contributed by atoms with van der Waals surface area (Å²) in [5.41, 5.74) is 3.07. The Morgan fingerprint density at radius 1 is 0.605 bits per heavy atom. The number of hydrogen-bond acceptors (Lipinski definition) is 3. The molecule has 4 rings (SSSR count). The summed E-state index contributed by atoms with van der Waals surface area (Å²) >= 11 is 3.83. The fourth-order valence-corrected chi connectivity index (χ4v) is 42.1. The van der Waals surface area contributed by atoms with E-state index in [1.54, 1.807) is 84.9 Å². The number of allylic oxidation sites excluding steroid dienone is 2. The van der Waals surface area contributed by atoms with E-state index in [4.69, 9.17) is 24.6 Å². The Balaban J connectivity index is 1.73. The molecule has 0 heterocycles. The first-order chi connectivity index (χ1) is 20.2. The van der Waals surface area contributed by atoms with E-state index in [9.17, 15) is 18.4 Å². The Labute approximate surface area is 270 Å². The molecule has 0 aliphatic carbocycles. The van der Waals surface area contributed by atoms with Crippen LogP contribution in [0.5, 0.6) is 0 Å². The van der Waals surface area contributed by atoms with Crippen molar-refractivity contribution in [2.24, 2.45) is 0 Å². The molecule has 3 nitrogen and oxygen atoms in total. The van der Waals surface area contributed by atoms with Crippen molar-refractivity contribution in [1.29, 1.82) is 0 Å². The summed E-state index contributed by atoms with van der Waals surface area (Å²) in [5, 5.41) is 1.03. The van der Waals surface area contributed by atoms with Crippen LogP contribution < -0.4 is 0 Å². The standard InChI is InChI=1S/2C15H9ClFO.4CH3.O.2Sn/c2*16-14-6-4-12(5-7-14)13(10-18)8-11-2-1-3-15(17)9-11;;;;;;;/h2*1-9H;4*1H3;;;/b2*13-8-;;;;;;;. The molecule has 0 N–H and O–H groups in total. The van der Waals surface area contributed by atoms with Gasteiger partial charge in [0, 0.05) is 0 Å². The maximum atomic E-state index is 14.3. The third-order valence-corrected chi connectivity index (χ3v) is 37.5. The molecule has 9 heteroatoms. The fourth-order valence-electron chi connectivity index (χ4n) is 4.72. The predicted octanol–water partition coefficient (Wildman–Crippen LogP) is 9.70. The Hall–Kier alpha value is -2.30. The summed E-state index contributed by atoms with van der Waals surface area (Å²) in [4.78, 5) is 35.9. The number of rotatable bonds is 10. The van der Waals surface area contributed by atoms with Crippen LogP contribution in [0.3, 0.4) is 0 Å². The molecule has 0 aliphatic rings. The molecule has 0 amide bonds. The van der Waals surface area contributed by atoms with Crippen molar-refractivity contribution in [3.63, 3.8) is 0 Å². The van der Waals surface area contributed by atoms with Crippen molar-refractivity contribution in [2.75, 3.05) is 0 Å². The van der Waals surface area contributed by atoms with E-state index in [1.807, 2.05) is 19.8 Å². The molecule has 0 aromatic heterocycles. The summed E-state index contributed by atoms with van der Waals surface area (Å²) in [6.45, 7) is 0. The average Bonchev–Trinajstić information content (AvgIpc) is 2.94. The molecule has 4 aromatic carbocycles. The van der Waals surface area contributed by atoms with Gasteiger partial charge in [0.2, 0.25) is 0 Å². The molecule has 0 radical (unpaired) electrons. The SMILES string of the molecule is [CH3][Sn]([CH3])([O][Sn]([CH3])([CH3])[C](=O)/C(=C/c1cccc(F)c1)c1ccc(Cl)cc1)[C](=O)/C(=C/c1cccc(F)c1)c1ccc(Cl)cc1. The summed E-state index contributed by atoms with van der Waals surface area (Å²) in [7, 11) is 0. The summed E-state index contributed by atoms with van der Waals surface area (Å²) in [6.07, 6.45) is 3.31. The van der Waals surface area contributed by atoms with Gasteiger partial charge in [0.05, 0.1) is 0 Å². The van der Waals surface area contributed by atoms with Gasteiger partial charge >= 0.3 is 272 Å². The van der Waals surface area contributed by atoms with Gasteiger partial charge < -0.3 is 0 Å². The van der Waals surface area contributed by atoms with Gasteiger partial charge in [-0.3, -0.25) is 0 Å². The van der Waals surface area contributed by atoms with E-state index in [-0.39, 0.29) is 7.60 Å². The van der Waals surface area contributed by atoms with Crippen LogP contribution in [0.25, 0.3) is 23.3 Å². The van der Waals surface area contributed by atoms with Crippen molar-refractivity contribution in [3.8, 4) is 0 Å². The summed E-state index contributed by atoms with van der Waals surface area (Å²) in [5.74, 6) is -0.836. The molecule has 0 saturated heterocycles. The monoisotopic (exact) mass is 834 g/mol. The van der Waals surface area contributed by atoms with Gasteiger partial charge in [0.1, 0.15) is 0 Å². The summed E-state index contributed by atoms with van der Waals surface area (Å²) < 4.78 is 34.5. The van der Waals surface area contributed by atoms with Crippen molar-refractivity contribution in [3.05, 3.63) is 141 Å². The zero-order valence-corrected chi connectivity index (χ0v) is 31.3. The Morgan fingerprint density at radius 2 is 0.953 bits per heavy atom. The van der Waals surface area contributed by atoms with Crippen LogP contribution in [0.15, 0.2) is 97.1 Å². The number of halogens is 4. The van der Waals surface area contributed by atoms with Crippen LogP contribution in [0.4, 0.5) is 8.78 Å². The first-order valence-corrected chi connectivity index (χ1v) is 30.9. The quantitative estimate of drug-likeness (QED) is 0.0909. The number of benzene rings is 4. The molecule has 0 fully saturated rings. The van der Waals surface area contributed by atoms with Gasteiger partial charge in [0.15, 0.2) is 0 Å². The molecule has 4 aromatic rings. The third-order valence-electron chi connectivity index (χ3n) is 6.72. The second kappa shape index (κ2) is 14.2. The topological polar surface area (TPSA) is 43.4 Å². The Kier molecular flexibility index (Phi) is 11.1. The van der Waals surface area contributed by atoms with Crippen LogP contribution in [0, 0.1) is 11.6 Å². The van der Waals surface area contributed by atoms with Gasteiger partial charge in [-0.25, -0.2) is 0 Å². The van der Waals surface area contributed by atoms with Crippen LogP contribution in [-0.2, 0) is 11.0 Å². The molecule has 220 valence electrons. The Bertz CT molecular complexity index is 1590.